The first-order chi connectivity index (χ1) is 16.6. The van der Waals surface area contributed by atoms with Gasteiger partial charge in [-0.3, -0.25) is 29.4 Å². The molecule has 3 rings (SSSR count). The molecule has 3 amide bonds. The van der Waals surface area contributed by atoms with E-state index in [1.165, 1.54) is 42.5 Å². The van der Waals surface area contributed by atoms with Crippen LogP contribution in [0.4, 0.5) is 16.2 Å². The Kier molecular flexibility index (Phi) is 8.49. The van der Waals surface area contributed by atoms with E-state index in [1.807, 2.05) is 6.92 Å². The molecule has 13 heteroatoms. The Labute approximate surface area is 213 Å². The number of imide groups is 1. The second kappa shape index (κ2) is 11.3. The molecule has 10 nitrogen and oxygen atoms in total. The van der Waals surface area contributed by atoms with E-state index in [2.05, 4.69) is 5.32 Å². The fourth-order valence-electron chi connectivity index (χ4n) is 2.91. The molecule has 1 fully saturated rings. The molecule has 182 valence electrons. The van der Waals surface area contributed by atoms with Crippen molar-refractivity contribution >= 4 is 75.4 Å². The molecule has 0 aliphatic carbocycles. The van der Waals surface area contributed by atoms with Crippen LogP contribution in [0.2, 0.25) is 10.0 Å². The van der Waals surface area contributed by atoms with Gasteiger partial charge in [-0.05, 0) is 48.5 Å². The number of nitro benzene ring substituents is 1. The Balaban J connectivity index is 1.72. The van der Waals surface area contributed by atoms with Crippen molar-refractivity contribution in [3.8, 4) is 0 Å². The minimum atomic E-state index is -0.752. The molecule has 0 atom stereocenters. The first-order valence-electron chi connectivity index (χ1n) is 10.1. The van der Waals surface area contributed by atoms with Gasteiger partial charge in [0, 0.05) is 28.4 Å². The summed E-state index contributed by atoms with van der Waals surface area (Å²) in [7, 11) is 0. The van der Waals surface area contributed by atoms with Crippen molar-refractivity contribution in [2.75, 3.05) is 18.5 Å². The summed E-state index contributed by atoms with van der Waals surface area (Å²) in [5.74, 6) is -2.10. The highest BCUT2D eigenvalue weighted by molar-refractivity contribution is 8.18. The molecule has 0 bridgehead atoms. The minimum Gasteiger partial charge on any atom is -0.462 e. The fraction of sp³-hybridized carbons (Fsp3) is 0.182. The summed E-state index contributed by atoms with van der Waals surface area (Å²) in [6, 6.07) is 7.88. The molecule has 35 heavy (non-hydrogen) atoms. The highest BCUT2D eigenvalue weighted by Gasteiger charge is 2.36. The number of amides is 3. The number of carbonyl (C=O) groups is 4. The monoisotopic (exact) mass is 537 g/mol. The number of esters is 1. The number of benzene rings is 2. The summed E-state index contributed by atoms with van der Waals surface area (Å²) < 4.78 is 5.05. The molecule has 1 heterocycles. The van der Waals surface area contributed by atoms with Crippen LogP contribution in [0.5, 0.6) is 0 Å². The molecule has 1 aliphatic heterocycles. The van der Waals surface area contributed by atoms with Crippen LogP contribution in [0, 0.1) is 10.1 Å². The van der Waals surface area contributed by atoms with Gasteiger partial charge in [0.2, 0.25) is 5.91 Å². The number of hydrogen-bond donors (Lipinski definition) is 1. The first-order valence-corrected chi connectivity index (χ1v) is 11.6. The van der Waals surface area contributed by atoms with Gasteiger partial charge in [0.05, 0.1) is 27.0 Å². The molecule has 1 N–H and O–H groups in total. The number of nitrogens with zero attached hydrogens (tertiary/aromatic N) is 2. The smallest absolute Gasteiger partial charge is 0.339 e. The maximum Gasteiger partial charge on any atom is 0.339 e. The van der Waals surface area contributed by atoms with E-state index >= 15 is 0 Å². The lowest BCUT2D eigenvalue weighted by Crippen LogP contribution is -2.36. The first kappa shape index (κ1) is 26.2. The summed E-state index contributed by atoms with van der Waals surface area (Å²) in [5.41, 5.74) is 0.217. The molecule has 0 aromatic heterocycles. The molecule has 0 radical (unpaired) electrons. The van der Waals surface area contributed by atoms with Gasteiger partial charge in [-0.15, -0.1) is 0 Å². The van der Waals surface area contributed by atoms with Crippen LogP contribution in [-0.4, -0.2) is 46.0 Å². The van der Waals surface area contributed by atoms with Crippen LogP contribution in [0.15, 0.2) is 41.3 Å². The third-order valence-electron chi connectivity index (χ3n) is 4.56. The number of ether oxygens (including phenoxy) is 1. The lowest BCUT2D eigenvalue weighted by atomic mass is 10.2. The zero-order valence-corrected chi connectivity index (χ0v) is 20.4. The van der Waals surface area contributed by atoms with Crippen LogP contribution in [0.1, 0.15) is 29.3 Å². The summed E-state index contributed by atoms with van der Waals surface area (Å²) >= 11 is 12.7. The van der Waals surface area contributed by atoms with E-state index in [0.29, 0.717) is 18.2 Å². The average Bonchev–Trinajstić information content (AvgIpc) is 3.07. The third-order valence-corrected chi connectivity index (χ3v) is 6.14. The van der Waals surface area contributed by atoms with Crippen LogP contribution in [0.25, 0.3) is 6.08 Å². The highest BCUT2D eigenvalue weighted by atomic mass is 35.5. The third kappa shape index (κ3) is 6.38. The Morgan fingerprint density at radius 1 is 1.17 bits per heavy atom. The molecule has 1 aliphatic rings. The maximum atomic E-state index is 12.7. The van der Waals surface area contributed by atoms with Gasteiger partial charge in [-0.2, -0.15) is 0 Å². The highest BCUT2D eigenvalue weighted by Crippen LogP contribution is 2.34. The number of rotatable bonds is 8. The van der Waals surface area contributed by atoms with Crippen molar-refractivity contribution in [2.45, 2.75) is 13.3 Å². The van der Waals surface area contributed by atoms with Gasteiger partial charge >= 0.3 is 5.97 Å². The zero-order valence-electron chi connectivity index (χ0n) is 18.1. The predicted octanol–water partition coefficient (Wildman–Crippen LogP) is 5.14. The van der Waals surface area contributed by atoms with Crippen molar-refractivity contribution in [3.63, 3.8) is 0 Å². The SMILES string of the molecule is CCCOC(=O)c1cc(NC(=O)CN2C(=O)S/C(=C\c3cc([N+](=O)[O-])ccc3Cl)C2=O)ccc1Cl. The Hall–Kier alpha value is -3.41. The number of halogens is 2. The molecule has 0 spiro atoms. The van der Waals surface area contributed by atoms with E-state index in [0.717, 1.165) is 4.90 Å². The quantitative estimate of drug-likeness (QED) is 0.211. The van der Waals surface area contributed by atoms with E-state index in [4.69, 9.17) is 27.9 Å². The van der Waals surface area contributed by atoms with Crippen molar-refractivity contribution in [3.05, 3.63) is 72.6 Å². The second-order valence-electron chi connectivity index (χ2n) is 7.11. The lowest BCUT2D eigenvalue weighted by Gasteiger charge is -2.13. The Morgan fingerprint density at radius 2 is 1.89 bits per heavy atom. The van der Waals surface area contributed by atoms with Crippen molar-refractivity contribution < 1.29 is 28.8 Å². The summed E-state index contributed by atoms with van der Waals surface area (Å²) in [4.78, 5) is 60.7. The minimum absolute atomic E-state index is 0.0438. The Bertz CT molecular complexity index is 1270. The lowest BCUT2D eigenvalue weighted by molar-refractivity contribution is -0.384. The molecular formula is C22H17Cl2N3O7S. The van der Waals surface area contributed by atoms with E-state index in [1.54, 1.807) is 0 Å². The number of non-ortho nitro benzene ring substituents is 1. The van der Waals surface area contributed by atoms with Crippen LogP contribution < -0.4 is 5.32 Å². The van der Waals surface area contributed by atoms with Crippen LogP contribution in [-0.2, 0) is 14.3 Å². The van der Waals surface area contributed by atoms with Crippen LogP contribution >= 0.6 is 35.0 Å². The number of anilines is 1. The van der Waals surface area contributed by atoms with Crippen molar-refractivity contribution in [1.82, 2.24) is 4.90 Å². The topological polar surface area (TPSA) is 136 Å². The Morgan fingerprint density at radius 3 is 2.57 bits per heavy atom. The van der Waals surface area contributed by atoms with Crippen LogP contribution in [0.3, 0.4) is 0 Å². The summed E-state index contributed by atoms with van der Waals surface area (Å²) in [6.45, 7) is 1.45. The van der Waals surface area contributed by atoms with Gasteiger partial charge in [-0.1, -0.05) is 30.1 Å². The van der Waals surface area contributed by atoms with Gasteiger partial charge in [0.25, 0.3) is 16.8 Å². The average molecular weight is 538 g/mol. The van der Waals surface area contributed by atoms with Gasteiger partial charge < -0.3 is 10.1 Å². The number of nitrogens with one attached hydrogen (secondary N) is 1. The van der Waals surface area contributed by atoms with Gasteiger partial charge in [0.1, 0.15) is 6.54 Å². The number of carbonyl (C=O) groups excluding carboxylic acids is 4. The van der Waals surface area contributed by atoms with E-state index < -0.39 is 34.5 Å². The number of thioether (sulfide) groups is 1. The predicted molar refractivity (Wildman–Crippen MR) is 131 cm³/mol. The molecule has 0 unspecified atom stereocenters. The second-order valence-corrected chi connectivity index (χ2v) is 8.92. The molecule has 0 saturated carbocycles. The van der Waals surface area contributed by atoms with E-state index in [9.17, 15) is 29.3 Å². The van der Waals surface area contributed by atoms with Crippen molar-refractivity contribution in [2.24, 2.45) is 0 Å². The molecule has 1 saturated heterocycles. The van der Waals surface area contributed by atoms with Gasteiger partial charge in [-0.25, -0.2) is 4.79 Å². The summed E-state index contributed by atoms with van der Waals surface area (Å²) in [5, 5.41) is 13.1. The van der Waals surface area contributed by atoms with E-state index in [-0.39, 0.29) is 44.1 Å². The summed E-state index contributed by atoms with van der Waals surface area (Å²) in [6.07, 6.45) is 1.88. The molecular weight excluding hydrogens is 521 g/mol. The number of hydrogen-bond acceptors (Lipinski definition) is 8. The zero-order chi connectivity index (χ0) is 25.7. The standard InChI is InChI=1S/C22H17Cl2N3O7S/c1-2-7-34-21(30)15-10-13(3-5-17(15)24)25-19(28)11-26-20(29)18(35-22(26)31)9-12-8-14(27(32)33)4-6-16(12)23/h3-6,8-10H,2,7,11H2,1H3,(H,25,28)/b18-9-. The fourth-order valence-corrected chi connectivity index (χ4v) is 4.10. The number of nitro groups is 1. The molecule has 2 aromatic rings. The van der Waals surface area contributed by atoms with Crippen molar-refractivity contribution in [1.29, 1.82) is 0 Å². The maximum absolute atomic E-state index is 12.7. The van der Waals surface area contributed by atoms with Gasteiger partial charge in [0.15, 0.2) is 0 Å². The molecule has 2 aromatic carbocycles. The normalized spacial score (nSPS) is 14.4. The largest absolute Gasteiger partial charge is 0.462 e.